The van der Waals surface area contributed by atoms with Gasteiger partial charge in [0.2, 0.25) is 5.65 Å². The Hall–Kier alpha value is -2.67. The first-order valence-corrected chi connectivity index (χ1v) is 8.96. The second-order valence-corrected chi connectivity index (χ2v) is 6.50. The summed E-state index contributed by atoms with van der Waals surface area (Å²) in [5.41, 5.74) is 2.87. The molecule has 0 saturated carbocycles. The fourth-order valence-corrected chi connectivity index (χ4v) is 2.70. The number of rotatable bonds is 9. The van der Waals surface area contributed by atoms with Gasteiger partial charge >= 0.3 is 0 Å². The predicted molar refractivity (Wildman–Crippen MR) is 104 cm³/mol. The minimum absolute atomic E-state index is 0.239. The largest absolute Gasteiger partial charge is 0.385 e. The van der Waals surface area contributed by atoms with Crippen molar-refractivity contribution in [2.75, 3.05) is 30.9 Å². The Kier molecular flexibility index (Phi) is 6.01. The minimum atomic E-state index is 0.239. The van der Waals surface area contributed by atoms with Gasteiger partial charge in [-0.05, 0) is 12.0 Å². The Bertz CT molecular complexity index is 831. The van der Waals surface area contributed by atoms with Crippen LogP contribution in [0.25, 0.3) is 5.65 Å². The molecule has 2 heterocycles. The molecule has 3 aromatic rings. The normalized spacial score (nSPS) is 11.2. The zero-order valence-corrected chi connectivity index (χ0v) is 15.6. The first-order chi connectivity index (χ1) is 12.7. The number of aromatic nitrogens is 4. The fraction of sp³-hybridized carbons (Fsp3) is 0.421. The zero-order valence-electron chi connectivity index (χ0n) is 15.6. The Morgan fingerprint density at radius 2 is 1.92 bits per heavy atom. The van der Waals surface area contributed by atoms with E-state index in [4.69, 9.17) is 4.74 Å². The number of ether oxygens (including phenoxy) is 1. The number of benzene rings is 1. The van der Waals surface area contributed by atoms with Gasteiger partial charge in [0.1, 0.15) is 5.82 Å². The highest BCUT2D eigenvalue weighted by atomic mass is 16.5. The quantitative estimate of drug-likeness (QED) is 0.574. The molecule has 2 aromatic heterocycles. The second kappa shape index (κ2) is 8.62. The zero-order chi connectivity index (χ0) is 18.4. The highest BCUT2D eigenvalue weighted by Gasteiger charge is 2.15. The number of hydrogen-bond donors (Lipinski definition) is 2. The molecule has 0 aliphatic rings. The topological polar surface area (TPSA) is 76.4 Å². The van der Waals surface area contributed by atoms with E-state index in [9.17, 15) is 0 Å². The van der Waals surface area contributed by atoms with Crippen molar-refractivity contribution in [3.8, 4) is 0 Å². The Morgan fingerprint density at radius 1 is 1.12 bits per heavy atom. The summed E-state index contributed by atoms with van der Waals surface area (Å²) < 4.78 is 6.93. The lowest BCUT2D eigenvalue weighted by molar-refractivity contribution is 0.197. The molecule has 0 aliphatic carbocycles. The van der Waals surface area contributed by atoms with Crippen molar-refractivity contribution in [2.24, 2.45) is 0 Å². The lowest BCUT2D eigenvalue weighted by atomic mass is 10.2. The fourth-order valence-electron chi connectivity index (χ4n) is 2.70. The summed E-state index contributed by atoms with van der Waals surface area (Å²) in [6, 6.07) is 12.3. The Labute approximate surface area is 153 Å². The summed E-state index contributed by atoms with van der Waals surface area (Å²) in [6.07, 6.45) is 0.919. The first-order valence-electron chi connectivity index (χ1n) is 8.96. The van der Waals surface area contributed by atoms with E-state index in [1.54, 1.807) is 7.11 Å². The molecule has 7 heteroatoms. The van der Waals surface area contributed by atoms with Gasteiger partial charge in [-0.3, -0.25) is 0 Å². The Morgan fingerprint density at radius 3 is 2.65 bits per heavy atom. The number of anilines is 2. The van der Waals surface area contributed by atoms with Crippen LogP contribution < -0.4 is 10.6 Å². The van der Waals surface area contributed by atoms with E-state index in [0.29, 0.717) is 6.54 Å². The highest BCUT2D eigenvalue weighted by Crippen LogP contribution is 2.22. The third-order valence-corrected chi connectivity index (χ3v) is 4.07. The van der Waals surface area contributed by atoms with Crippen LogP contribution in [0.15, 0.2) is 36.4 Å². The van der Waals surface area contributed by atoms with Gasteiger partial charge in [-0.2, -0.15) is 4.52 Å². The lowest BCUT2D eigenvalue weighted by Crippen LogP contribution is -2.11. The number of nitrogens with zero attached hydrogens (tertiary/aromatic N) is 4. The van der Waals surface area contributed by atoms with Crippen molar-refractivity contribution in [1.29, 1.82) is 0 Å². The van der Waals surface area contributed by atoms with Crippen molar-refractivity contribution in [2.45, 2.75) is 32.7 Å². The smallest absolute Gasteiger partial charge is 0.201 e. The summed E-state index contributed by atoms with van der Waals surface area (Å²) >= 11 is 0. The van der Waals surface area contributed by atoms with Crippen LogP contribution >= 0.6 is 0 Å². The maximum absolute atomic E-state index is 5.10. The van der Waals surface area contributed by atoms with E-state index in [0.717, 1.165) is 42.5 Å². The predicted octanol–water partition coefficient (Wildman–Crippen LogP) is 3.31. The molecule has 0 unspecified atom stereocenters. The van der Waals surface area contributed by atoms with E-state index in [1.807, 2.05) is 28.8 Å². The lowest BCUT2D eigenvalue weighted by Gasteiger charge is -2.12. The van der Waals surface area contributed by atoms with Gasteiger partial charge in [0, 0.05) is 38.8 Å². The monoisotopic (exact) mass is 354 g/mol. The SMILES string of the molecule is COCCCNc1cc(NCc2ccccc2)c2nnc(C(C)C)n2n1. The molecular weight excluding hydrogens is 328 g/mol. The van der Waals surface area contributed by atoms with Crippen molar-refractivity contribution < 1.29 is 4.74 Å². The number of fused-ring (bicyclic) bond motifs is 1. The average Bonchev–Trinajstić information content (AvgIpc) is 3.08. The molecule has 0 aliphatic heterocycles. The molecule has 0 radical (unpaired) electrons. The molecule has 0 atom stereocenters. The van der Waals surface area contributed by atoms with Gasteiger partial charge in [0.05, 0.1) is 5.69 Å². The van der Waals surface area contributed by atoms with Crippen LogP contribution in [0.4, 0.5) is 11.5 Å². The molecule has 2 N–H and O–H groups in total. The molecule has 0 bridgehead atoms. The van der Waals surface area contributed by atoms with Crippen LogP contribution in [0.3, 0.4) is 0 Å². The van der Waals surface area contributed by atoms with Crippen molar-refractivity contribution in [3.63, 3.8) is 0 Å². The minimum Gasteiger partial charge on any atom is -0.385 e. The molecule has 138 valence electrons. The van der Waals surface area contributed by atoms with Crippen molar-refractivity contribution in [3.05, 3.63) is 47.8 Å². The molecule has 26 heavy (non-hydrogen) atoms. The molecule has 0 saturated heterocycles. The van der Waals surface area contributed by atoms with E-state index in [1.165, 1.54) is 5.56 Å². The van der Waals surface area contributed by atoms with E-state index >= 15 is 0 Å². The molecular formula is C19H26N6O. The maximum atomic E-state index is 5.10. The average molecular weight is 354 g/mol. The third kappa shape index (κ3) is 4.29. The van der Waals surface area contributed by atoms with Gasteiger partial charge in [-0.15, -0.1) is 15.3 Å². The number of hydrogen-bond acceptors (Lipinski definition) is 6. The highest BCUT2D eigenvalue weighted by molar-refractivity contribution is 5.70. The summed E-state index contributed by atoms with van der Waals surface area (Å²) in [4.78, 5) is 0. The molecule has 0 spiro atoms. The molecule has 0 amide bonds. The summed E-state index contributed by atoms with van der Waals surface area (Å²) in [5, 5.41) is 20.2. The summed E-state index contributed by atoms with van der Waals surface area (Å²) in [6.45, 7) is 6.41. The van der Waals surface area contributed by atoms with Gasteiger partial charge in [-0.1, -0.05) is 44.2 Å². The van der Waals surface area contributed by atoms with Crippen LogP contribution in [-0.2, 0) is 11.3 Å². The van der Waals surface area contributed by atoms with Crippen LogP contribution in [0.5, 0.6) is 0 Å². The summed E-state index contributed by atoms with van der Waals surface area (Å²) in [5.74, 6) is 1.89. The molecule has 0 fully saturated rings. The van der Waals surface area contributed by atoms with Gasteiger partial charge < -0.3 is 15.4 Å². The van der Waals surface area contributed by atoms with E-state index < -0.39 is 0 Å². The van der Waals surface area contributed by atoms with Gasteiger partial charge in [-0.25, -0.2) is 0 Å². The van der Waals surface area contributed by atoms with Crippen LogP contribution in [0, 0.1) is 0 Å². The van der Waals surface area contributed by atoms with Crippen LogP contribution in [0.2, 0.25) is 0 Å². The Balaban J connectivity index is 1.86. The molecule has 1 aromatic carbocycles. The van der Waals surface area contributed by atoms with Crippen LogP contribution in [0.1, 0.15) is 37.6 Å². The van der Waals surface area contributed by atoms with E-state index in [2.05, 4.69) is 51.9 Å². The van der Waals surface area contributed by atoms with Gasteiger partial charge in [0.25, 0.3) is 0 Å². The number of nitrogens with one attached hydrogen (secondary N) is 2. The number of methoxy groups -OCH3 is 1. The maximum Gasteiger partial charge on any atom is 0.201 e. The van der Waals surface area contributed by atoms with Crippen molar-refractivity contribution in [1.82, 2.24) is 19.8 Å². The van der Waals surface area contributed by atoms with Gasteiger partial charge in [0.15, 0.2) is 5.82 Å². The summed E-state index contributed by atoms with van der Waals surface area (Å²) in [7, 11) is 1.71. The van der Waals surface area contributed by atoms with Crippen molar-refractivity contribution >= 4 is 17.2 Å². The standard InChI is InChI=1S/C19H26N6O/c1-14(2)18-22-23-19-16(21-13-15-8-5-4-6-9-15)12-17(24-25(18)19)20-10-7-11-26-3/h4-6,8-9,12,14,21H,7,10-11,13H2,1-3H3,(H,20,24). The molecule has 3 rings (SSSR count). The second-order valence-electron chi connectivity index (χ2n) is 6.50. The first kappa shape index (κ1) is 18.1. The van der Waals surface area contributed by atoms with Crippen LogP contribution in [-0.4, -0.2) is 40.1 Å². The van der Waals surface area contributed by atoms with E-state index in [-0.39, 0.29) is 5.92 Å². The molecule has 7 nitrogen and oxygen atoms in total. The third-order valence-electron chi connectivity index (χ3n) is 4.07.